The van der Waals surface area contributed by atoms with Crippen LogP contribution in [0.5, 0.6) is 0 Å². The molecule has 0 aromatic heterocycles. The van der Waals surface area contributed by atoms with Crippen molar-refractivity contribution in [3.8, 4) is 0 Å². The predicted molar refractivity (Wildman–Crippen MR) is 78.0 cm³/mol. The molecule has 0 aliphatic carbocycles. The van der Waals surface area contributed by atoms with E-state index in [1.54, 1.807) is 24.1 Å². The molecule has 114 valence electrons. The van der Waals surface area contributed by atoms with E-state index >= 15 is 0 Å². The SMILES string of the molecule is CCC1(C(=O)O)CCN(C(=O)c2ccc(COC)cc2)C1. The zero-order valence-corrected chi connectivity index (χ0v) is 12.5. The van der Waals surface area contributed by atoms with Gasteiger partial charge in [0.2, 0.25) is 0 Å². The van der Waals surface area contributed by atoms with E-state index in [2.05, 4.69) is 0 Å². The van der Waals surface area contributed by atoms with Crippen LogP contribution in [0.15, 0.2) is 24.3 Å². The highest BCUT2D eigenvalue weighted by Crippen LogP contribution is 2.34. The highest BCUT2D eigenvalue weighted by atomic mass is 16.5. The fourth-order valence-electron chi connectivity index (χ4n) is 2.75. The molecular weight excluding hydrogens is 270 g/mol. The minimum atomic E-state index is -0.809. The molecule has 1 aromatic carbocycles. The molecule has 1 atom stereocenters. The number of amides is 1. The normalized spacial score (nSPS) is 21.5. The number of benzene rings is 1. The van der Waals surface area contributed by atoms with Crippen LogP contribution in [0, 0.1) is 5.41 Å². The van der Waals surface area contributed by atoms with Crippen molar-refractivity contribution in [2.45, 2.75) is 26.4 Å². The lowest BCUT2D eigenvalue weighted by atomic mass is 9.84. The van der Waals surface area contributed by atoms with Crippen molar-refractivity contribution in [1.29, 1.82) is 0 Å². The third-order valence-corrected chi connectivity index (χ3v) is 4.28. The molecule has 1 heterocycles. The summed E-state index contributed by atoms with van der Waals surface area (Å²) in [6, 6.07) is 7.25. The lowest BCUT2D eigenvalue weighted by Gasteiger charge is -2.23. The standard InChI is InChI=1S/C16H21NO4/c1-3-16(15(19)20)8-9-17(11-16)14(18)13-6-4-12(5-7-13)10-21-2/h4-7H,3,8-11H2,1-2H3,(H,19,20). The monoisotopic (exact) mass is 291 g/mol. The number of carboxylic acids is 1. The van der Waals surface area contributed by atoms with Crippen LogP contribution in [0.25, 0.3) is 0 Å². The average molecular weight is 291 g/mol. The van der Waals surface area contributed by atoms with Crippen LogP contribution in [-0.2, 0) is 16.1 Å². The Morgan fingerprint density at radius 1 is 1.33 bits per heavy atom. The fraction of sp³-hybridized carbons (Fsp3) is 0.500. The first kappa shape index (κ1) is 15.5. The number of likely N-dealkylation sites (tertiary alicyclic amines) is 1. The summed E-state index contributed by atoms with van der Waals surface area (Å²) < 4.78 is 5.04. The van der Waals surface area contributed by atoms with Crippen LogP contribution in [0.3, 0.4) is 0 Å². The number of hydrogen-bond donors (Lipinski definition) is 1. The Bertz CT molecular complexity index is 526. The van der Waals surface area contributed by atoms with Gasteiger partial charge >= 0.3 is 5.97 Å². The first-order chi connectivity index (χ1) is 10.0. The molecule has 1 amide bonds. The highest BCUT2D eigenvalue weighted by molar-refractivity contribution is 5.95. The van der Waals surface area contributed by atoms with Gasteiger partial charge in [-0.25, -0.2) is 0 Å². The Hall–Kier alpha value is -1.88. The Balaban J connectivity index is 2.09. The quantitative estimate of drug-likeness (QED) is 0.902. The lowest BCUT2D eigenvalue weighted by Crippen LogP contribution is -2.36. The van der Waals surface area contributed by atoms with Crippen LogP contribution in [0.1, 0.15) is 35.7 Å². The molecule has 2 rings (SSSR count). The highest BCUT2D eigenvalue weighted by Gasteiger charge is 2.44. The van der Waals surface area contributed by atoms with Gasteiger partial charge < -0.3 is 14.7 Å². The van der Waals surface area contributed by atoms with Gasteiger partial charge in [-0.15, -0.1) is 0 Å². The number of methoxy groups -OCH3 is 1. The summed E-state index contributed by atoms with van der Waals surface area (Å²) in [5.74, 6) is -0.911. The molecule has 1 unspecified atom stereocenters. The molecule has 1 aromatic rings. The van der Waals surface area contributed by atoms with Gasteiger partial charge in [-0.3, -0.25) is 9.59 Å². The summed E-state index contributed by atoms with van der Waals surface area (Å²) in [6.45, 7) is 3.16. The number of carbonyl (C=O) groups is 2. The van der Waals surface area contributed by atoms with Crippen molar-refractivity contribution in [2.75, 3.05) is 20.2 Å². The molecule has 1 aliphatic heterocycles. The second-order valence-electron chi connectivity index (χ2n) is 5.55. The Labute approximate surface area is 124 Å². The topological polar surface area (TPSA) is 66.8 Å². The van der Waals surface area contributed by atoms with Gasteiger partial charge in [-0.05, 0) is 30.5 Å². The van der Waals surface area contributed by atoms with E-state index in [9.17, 15) is 14.7 Å². The van der Waals surface area contributed by atoms with E-state index < -0.39 is 11.4 Å². The number of carboxylic acid groups (broad SMARTS) is 1. The fourth-order valence-corrected chi connectivity index (χ4v) is 2.75. The number of rotatable bonds is 5. The molecule has 0 spiro atoms. The molecule has 5 nitrogen and oxygen atoms in total. The third kappa shape index (κ3) is 3.08. The van der Waals surface area contributed by atoms with Gasteiger partial charge in [-0.1, -0.05) is 19.1 Å². The maximum Gasteiger partial charge on any atom is 0.311 e. The number of hydrogen-bond acceptors (Lipinski definition) is 3. The minimum absolute atomic E-state index is 0.101. The lowest BCUT2D eigenvalue weighted by molar-refractivity contribution is -0.148. The van der Waals surface area contributed by atoms with Crippen molar-refractivity contribution in [2.24, 2.45) is 5.41 Å². The second-order valence-corrected chi connectivity index (χ2v) is 5.55. The van der Waals surface area contributed by atoms with Gasteiger partial charge in [0.25, 0.3) is 5.91 Å². The van der Waals surface area contributed by atoms with Crippen molar-refractivity contribution < 1.29 is 19.4 Å². The predicted octanol–water partition coefficient (Wildman–Crippen LogP) is 2.16. The number of nitrogens with zero attached hydrogens (tertiary/aromatic N) is 1. The van der Waals surface area contributed by atoms with E-state index in [0.717, 1.165) is 5.56 Å². The molecular formula is C16H21NO4. The zero-order valence-electron chi connectivity index (χ0n) is 12.5. The summed E-state index contributed by atoms with van der Waals surface area (Å²) in [5.41, 5.74) is 0.808. The van der Waals surface area contributed by atoms with E-state index in [1.807, 2.05) is 19.1 Å². The van der Waals surface area contributed by atoms with E-state index in [1.165, 1.54) is 0 Å². The smallest absolute Gasteiger partial charge is 0.311 e. The van der Waals surface area contributed by atoms with E-state index in [0.29, 0.717) is 31.6 Å². The van der Waals surface area contributed by atoms with Gasteiger partial charge in [0.1, 0.15) is 0 Å². The molecule has 0 radical (unpaired) electrons. The van der Waals surface area contributed by atoms with Gasteiger partial charge in [0.05, 0.1) is 12.0 Å². The van der Waals surface area contributed by atoms with Crippen molar-refractivity contribution >= 4 is 11.9 Å². The number of carbonyl (C=O) groups excluding carboxylic acids is 1. The molecule has 21 heavy (non-hydrogen) atoms. The van der Waals surface area contributed by atoms with E-state index in [4.69, 9.17) is 4.74 Å². The summed E-state index contributed by atoms with van der Waals surface area (Å²) in [4.78, 5) is 25.5. The maximum atomic E-state index is 12.4. The van der Waals surface area contributed by atoms with Crippen LogP contribution < -0.4 is 0 Å². The molecule has 1 fully saturated rings. The number of ether oxygens (including phenoxy) is 1. The first-order valence-electron chi connectivity index (χ1n) is 7.13. The van der Waals surface area contributed by atoms with Crippen molar-refractivity contribution in [3.63, 3.8) is 0 Å². The third-order valence-electron chi connectivity index (χ3n) is 4.28. The van der Waals surface area contributed by atoms with Crippen LogP contribution in [0.4, 0.5) is 0 Å². The van der Waals surface area contributed by atoms with Gasteiger partial charge in [0, 0.05) is 25.8 Å². The van der Waals surface area contributed by atoms with E-state index in [-0.39, 0.29) is 12.5 Å². The van der Waals surface area contributed by atoms with Crippen LogP contribution >= 0.6 is 0 Å². The second kappa shape index (κ2) is 6.26. The van der Waals surface area contributed by atoms with Crippen molar-refractivity contribution in [3.05, 3.63) is 35.4 Å². The molecule has 1 aliphatic rings. The summed E-state index contributed by atoms with van der Waals surface area (Å²) in [7, 11) is 1.62. The average Bonchev–Trinajstić information content (AvgIpc) is 2.93. The summed E-state index contributed by atoms with van der Waals surface area (Å²) in [6.07, 6.45) is 1.06. The Morgan fingerprint density at radius 3 is 2.48 bits per heavy atom. The first-order valence-corrected chi connectivity index (χ1v) is 7.13. The zero-order chi connectivity index (χ0) is 15.5. The van der Waals surface area contributed by atoms with Gasteiger partial charge in [-0.2, -0.15) is 0 Å². The number of aliphatic carboxylic acids is 1. The summed E-state index contributed by atoms with van der Waals surface area (Å²) in [5, 5.41) is 9.38. The minimum Gasteiger partial charge on any atom is -0.481 e. The Kier molecular flexibility index (Phi) is 4.63. The van der Waals surface area contributed by atoms with Crippen LogP contribution in [0.2, 0.25) is 0 Å². The molecule has 1 saturated heterocycles. The molecule has 0 saturated carbocycles. The largest absolute Gasteiger partial charge is 0.481 e. The van der Waals surface area contributed by atoms with Crippen LogP contribution in [-0.4, -0.2) is 42.1 Å². The molecule has 5 heteroatoms. The Morgan fingerprint density at radius 2 is 2.00 bits per heavy atom. The molecule has 1 N–H and O–H groups in total. The van der Waals surface area contributed by atoms with Crippen molar-refractivity contribution in [1.82, 2.24) is 4.90 Å². The van der Waals surface area contributed by atoms with Gasteiger partial charge in [0.15, 0.2) is 0 Å². The molecule has 0 bridgehead atoms. The summed E-state index contributed by atoms with van der Waals surface area (Å²) >= 11 is 0. The maximum absolute atomic E-state index is 12.4.